The van der Waals surface area contributed by atoms with Crippen LogP contribution in [0.15, 0.2) is 72.8 Å². The third kappa shape index (κ3) is 3.84. The smallest absolute Gasteiger partial charge is 0.00608 e. The summed E-state index contributed by atoms with van der Waals surface area (Å²) in [4.78, 5) is 0. The number of hydrogen-bond donors (Lipinski definition) is 0. The molecule has 4 aromatic carbocycles. The van der Waals surface area contributed by atoms with E-state index in [0.717, 1.165) is 11.3 Å². The number of rotatable bonds is 5. The van der Waals surface area contributed by atoms with Crippen LogP contribution in [0.25, 0.3) is 32.7 Å². The van der Waals surface area contributed by atoms with Crippen molar-refractivity contribution in [3.8, 4) is 11.1 Å². The summed E-state index contributed by atoms with van der Waals surface area (Å²) >= 11 is 0. The van der Waals surface area contributed by atoms with Gasteiger partial charge in [-0.15, -0.1) is 0 Å². The van der Waals surface area contributed by atoms with Gasteiger partial charge in [-0.2, -0.15) is 0 Å². The quantitative estimate of drug-likeness (QED) is 0.295. The zero-order chi connectivity index (χ0) is 20.5. The Labute approximate surface area is 176 Å². The molecule has 0 fully saturated rings. The van der Waals surface area contributed by atoms with E-state index in [2.05, 4.69) is 107 Å². The highest BCUT2D eigenvalue weighted by Crippen LogP contribution is 2.51. The first-order valence-corrected chi connectivity index (χ1v) is 12.4. The van der Waals surface area contributed by atoms with E-state index in [-0.39, 0.29) is 7.92 Å². The van der Waals surface area contributed by atoms with Gasteiger partial charge in [0.15, 0.2) is 0 Å². The summed E-state index contributed by atoms with van der Waals surface area (Å²) in [5.41, 5.74) is 7.20. The summed E-state index contributed by atoms with van der Waals surface area (Å²) in [6.45, 7) is 11.9. The zero-order valence-electron chi connectivity index (χ0n) is 18.2. The summed E-state index contributed by atoms with van der Waals surface area (Å²) < 4.78 is 0. The van der Waals surface area contributed by atoms with Gasteiger partial charge in [0.25, 0.3) is 0 Å². The molecule has 0 bridgehead atoms. The van der Waals surface area contributed by atoms with Crippen molar-refractivity contribution in [2.75, 3.05) is 0 Å². The Kier molecular flexibility index (Phi) is 5.75. The second kappa shape index (κ2) is 8.29. The lowest BCUT2D eigenvalue weighted by atomic mass is 9.88. The second-order valence-electron chi connectivity index (χ2n) is 8.66. The molecule has 0 aliphatic rings. The van der Waals surface area contributed by atoms with Crippen LogP contribution in [-0.2, 0) is 6.16 Å². The van der Waals surface area contributed by atoms with E-state index in [0.29, 0.717) is 0 Å². The molecule has 0 aliphatic heterocycles. The molecule has 4 rings (SSSR count). The van der Waals surface area contributed by atoms with E-state index < -0.39 is 0 Å². The lowest BCUT2D eigenvalue weighted by Gasteiger charge is -2.28. The highest BCUT2D eigenvalue weighted by molar-refractivity contribution is 7.58. The Hall–Kier alpha value is -2.17. The summed E-state index contributed by atoms with van der Waals surface area (Å²) in [6, 6.07) is 27.0. The second-order valence-corrected chi connectivity index (χ2v) is 12.1. The summed E-state index contributed by atoms with van der Waals surface area (Å²) in [6.07, 6.45) is 1.19. The van der Waals surface area contributed by atoms with Crippen molar-refractivity contribution < 1.29 is 0 Å². The van der Waals surface area contributed by atoms with Crippen molar-refractivity contribution in [2.45, 2.75) is 52.1 Å². The van der Waals surface area contributed by atoms with Crippen molar-refractivity contribution in [3.05, 3.63) is 83.9 Å². The van der Waals surface area contributed by atoms with Crippen molar-refractivity contribution in [2.24, 2.45) is 0 Å². The number of aryl methyl sites for hydroxylation is 1. The van der Waals surface area contributed by atoms with Gasteiger partial charge in [-0.05, 0) is 68.2 Å². The molecule has 4 aromatic rings. The lowest BCUT2D eigenvalue weighted by Crippen LogP contribution is -2.06. The first kappa shape index (κ1) is 20.1. The average molecular weight is 399 g/mol. The maximum absolute atomic E-state index is 2.40. The predicted octanol–water partition coefficient (Wildman–Crippen LogP) is 8.77. The van der Waals surface area contributed by atoms with Gasteiger partial charge in [0.2, 0.25) is 0 Å². The largest absolute Gasteiger partial charge is 0.0969 e. The molecule has 0 saturated heterocycles. The van der Waals surface area contributed by atoms with Crippen LogP contribution in [0.1, 0.15) is 38.8 Å². The van der Waals surface area contributed by atoms with Crippen LogP contribution in [0, 0.1) is 6.92 Å². The van der Waals surface area contributed by atoms with Gasteiger partial charge < -0.3 is 0 Å². The lowest BCUT2D eigenvalue weighted by molar-refractivity contribution is 0.996. The minimum Gasteiger partial charge on any atom is -0.0969 e. The van der Waals surface area contributed by atoms with Crippen molar-refractivity contribution >= 4 is 29.5 Å². The molecule has 0 aromatic heterocycles. The van der Waals surface area contributed by atoms with Crippen LogP contribution >= 0.6 is 7.92 Å². The molecule has 148 valence electrons. The van der Waals surface area contributed by atoms with E-state index in [9.17, 15) is 0 Å². The highest BCUT2D eigenvalue weighted by atomic mass is 31.1. The van der Waals surface area contributed by atoms with Crippen LogP contribution in [-0.4, -0.2) is 11.3 Å². The standard InChI is InChI=1S/C28H31P/c1-19(2)29(20(3)4)18-24-17-16-23-11-7-9-13-26(23)28(24)27-21(5)14-15-22-10-6-8-12-25(22)27/h6-17,19-20H,18H2,1-5H3. The predicted molar refractivity (Wildman–Crippen MR) is 133 cm³/mol. The van der Waals surface area contributed by atoms with Crippen molar-refractivity contribution in [3.63, 3.8) is 0 Å². The fourth-order valence-electron chi connectivity index (χ4n) is 4.61. The van der Waals surface area contributed by atoms with Gasteiger partial charge in [0.1, 0.15) is 0 Å². The molecule has 0 radical (unpaired) electrons. The minimum atomic E-state index is -0.0697. The Bertz CT molecular complexity index is 1150. The van der Waals surface area contributed by atoms with Gasteiger partial charge in [-0.25, -0.2) is 0 Å². The van der Waals surface area contributed by atoms with Crippen molar-refractivity contribution in [1.82, 2.24) is 0 Å². The Balaban J connectivity index is 2.04. The van der Waals surface area contributed by atoms with Gasteiger partial charge in [-0.3, -0.25) is 0 Å². The van der Waals surface area contributed by atoms with E-state index in [4.69, 9.17) is 0 Å². The van der Waals surface area contributed by atoms with Crippen LogP contribution < -0.4 is 0 Å². The molecule has 0 aliphatic carbocycles. The molecule has 1 heteroatoms. The fraction of sp³-hybridized carbons (Fsp3) is 0.286. The number of hydrogen-bond acceptors (Lipinski definition) is 0. The van der Waals surface area contributed by atoms with E-state index >= 15 is 0 Å². The van der Waals surface area contributed by atoms with Crippen LogP contribution in [0.2, 0.25) is 0 Å². The molecular weight excluding hydrogens is 367 g/mol. The van der Waals surface area contributed by atoms with Crippen LogP contribution in [0.5, 0.6) is 0 Å². The third-order valence-electron chi connectivity index (χ3n) is 6.08. The topological polar surface area (TPSA) is 0 Å². The molecule has 0 atom stereocenters. The molecule has 0 nitrogen and oxygen atoms in total. The van der Waals surface area contributed by atoms with Gasteiger partial charge in [-0.1, -0.05) is 108 Å². The van der Waals surface area contributed by atoms with Crippen LogP contribution in [0.4, 0.5) is 0 Å². The highest BCUT2D eigenvalue weighted by Gasteiger charge is 2.21. The monoisotopic (exact) mass is 398 g/mol. The molecule has 29 heavy (non-hydrogen) atoms. The maximum atomic E-state index is 2.40. The normalized spacial score (nSPS) is 12.0. The SMILES string of the molecule is Cc1ccc2ccccc2c1-c1c(CP(C(C)C)C(C)C)ccc2ccccc12. The number of benzene rings is 4. The molecule has 0 spiro atoms. The molecule has 0 heterocycles. The minimum absolute atomic E-state index is 0.0697. The Morgan fingerprint density at radius 1 is 0.621 bits per heavy atom. The fourth-order valence-corrected chi connectivity index (χ4v) is 7.19. The van der Waals surface area contributed by atoms with E-state index in [1.165, 1.54) is 50.0 Å². The molecule has 0 amide bonds. The Morgan fingerprint density at radius 2 is 1.14 bits per heavy atom. The zero-order valence-corrected chi connectivity index (χ0v) is 19.1. The third-order valence-corrected chi connectivity index (χ3v) is 9.44. The van der Waals surface area contributed by atoms with E-state index in [1.54, 1.807) is 0 Å². The van der Waals surface area contributed by atoms with E-state index in [1.807, 2.05) is 0 Å². The average Bonchev–Trinajstić information content (AvgIpc) is 2.71. The molecular formula is C28H31P. The molecule has 0 unspecified atom stereocenters. The summed E-state index contributed by atoms with van der Waals surface area (Å²) in [7, 11) is -0.0697. The first-order valence-electron chi connectivity index (χ1n) is 10.7. The Morgan fingerprint density at radius 3 is 1.72 bits per heavy atom. The maximum Gasteiger partial charge on any atom is -0.00608 e. The van der Waals surface area contributed by atoms with Gasteiger partial charge >= 0.3 is 0 Å². The molecule has 0 saturated carbocycles. The van der Waals surface area contributed by atoms with Gasteiger partial charge in [0, 0.05) is 0 Å². The van der Waals surface area contributed by atoms with Crippen LogP contribution in [0.3, 0.4) is 0 Å². The first-order chi connectivity index (χ1) is 14.0. The molecule has 0 N–H and O–H groups in total. The number of fused-ring (bicyclic) bond motifs is 2. The van der Waals surface area contributed by atoms with Crippen molar-refractivity contribution in [1.29, 1.82) is 0 Å². The van der Waals surface area contributed by atoms with Gasteiger partial charge in [0.05, 0.1) is 0 Å². The summed E-state index contributed by atoms with van der Waals surface area (Å²) in [5.74, 6) is 0. The summed E-state index contributed by atoms with van der Waals surface area (Å²) in [5, 5.41) is 5.40.